The predicted molar refractivity (Wildman–Crippen MR) is 64.0 cm³/mol. The summed E-state index contributed by atoms with van der Waals surface area (Å²) < 4.78 is 5.44. The first kappa shape index (κ1) is 12.2. The minimum Gasteiger partial charge on any atom is -0.379 e. The van der Waals surface area contributed by atoms with Gasteiger partial charge in [0.25, 0.3) is 0 Å². The predicted octanol–water partition coefficient (Wildman–Crippen LogP) is 2.73. The first-order valence-electron chi connectivity index (χ1n) is 5.55. The van der Waals surface area contributed by atoms with Crippen LogP contribution in [0.4, 0.5) is 0 Å². The Balaban J connectivity index is 2.57. The standard InChI is InChI=1S/C13H21NO/c1-4-7-15-9-13(14)12-6-5-10(2)11(3)8-12/h5-6,8,13H,4,7,9,14H2,1-3H3. The van der Waals surface area contributed by atoms with Crippen LogP contribution in [-0.2, 0) is 4.74 Å². The Morgan fingerprint density at radius 3 is 2.60 bits per heavy atom. The zero-order chi connectivity index (χ0) is 11.3. The number of hydrogen-bond donors (Lipinski definition) is 1. The van der Waals surface area contributed by atoms with Crippen molar-refractivity contribution < 1.29 is 4.74 Å². The second-order valence-electron chi connectivity index (χ2n) is 4.03. The minimum atomic E-state index is -0.00384. The maximum atomic E-state index is 6.03. The lowest BCUT2D eigenvalue weighted by molar-refractivity contribution is 0.121. The second-order valence-corrected chi connectivity index (χ2v) is 4.03. The van der Waals surface area contributed by atoms with Crippen LogP contribution in [0.1, 0.15) is 36.1 Å². The molecule has 2 heteroatoms. The van der Waals surface area contributed by atoms with Gasteiger partial charge in [-0.15, -0.1) is 0 Å². The topological polar surface area (TPSA) is 35.2 Å². The Hall–Kier alpha value is -0.860. The normalized spacial score (nSPS) is 12.8. The average molecular weight is 207 g/mol. The molecular weight excluding hydrogens is 186 g/mol. The lowest BCUT2D eigenvalue weighted by Crippen LogP contribution is -2.17. The number of rotatable bonds is 5. The molecular formula is C13H21NO. The largest absolute Gasteiger partial charge is 0.379 e. The third kappa shape index (κ3) is 3.65. The maximum absolute atomic E-state index is 6.03. The summed E-state index contributed by atoms with van der Waals surface area (Å²) in [6, 6.07) is 6.35. The Morgan fingerprint density at radius 2 is 2.00 bits per heavy atom. The number of nitrogens with two attached hydrogens (primary N) is 1. The van der Waals surface area contributed by atoms with Crippen LogP contribution >= 0.6 is 0 Å². The average Bonchev–Trinajstić information content (AvgIpc) is 2.22. The molecule has 0 heterocycles. The number of benzene rings is 1. The monoisotopic (exact) mass is 207 g/mol. The molecule has 0 radical (unpaired) electrons. The fourth-order valence-corrected chi connectivity index (χ4v) is 1.45. The summed E-state index contributed by atoms with van der Waals surface area (Å²) in [6.45, 7) is 7.72. The van der Waals surface area contributed by atoms with E-state index in [1.165, 1.54) is 11.1 Å². The first-order chi connectivity index (χ1) is 7.15. The Morgan fingerprint density at radius 1 is 1.27 bits per heavy atom. The summed E-state index contributed by atoms with van der Waals surface area (Å²) in [7, 11) is 0. The fraction of sp³-hybridized carbons (Fsp3) is 0.538. The lowest BCUT2D eigenvalue weighted by Gasteiger charge is -2.13. The molecule has 1 aromatic carbocycles. The van der Waals surface area contributed by atoms with Crippen LogP contribution in [0, 0.1) is 13.8 Å². The zero-order valence-electron chi connectivity index (χ0n) is 9.92. The van der Waals surface area contributed by atoms with Gasteiger partial charge in [0.05, 0.1) is 12.6 Å². The van der Waals surface area contributed by atoms with Crippen LogP contribution in [-0.4, -0.2) is 13.2 Å². The van der Waals surface area contributed by atoms with Crippen molar-refractivity contribution in [3.63, 3.8) is 0 Å². The van der Waals surface area contributed by atoms with Crippen molar-refractivity contribution in [1.29, 1.82) is 0 Å². The molecule has 1 atom stereocenters. The van der Waals surface area contributed by atoms with Gasteiger partial charge in [-0.3, -0.25) is 0 Å². The van der Waals surface area contributed by atoms with Crippen LogP contribution in [0.15, 0.2) is 18.2 Å². The molecule has 0 aliphatic rings. The molecule has 1 unspecified atom stereocenters. The Kier molecular flexibility index (Phi) is 4.79. The van der Waals surface area contributed by atoms with Crippen molar-refractivity contribution in [2.24, 2.45) is 5.73 Å². The minimum absolute atomic E-state index is 0.00384. The molecule has 1 rings (SSSR count). The van der Waals surface area contributed by atoms with E-state index in [4.69, 9.17) is 10.5 Å². The van der Waals surface area contributed by atoms with Crippen molar-refractivity contribution >= 4 is 0 Å². The molecule has 15 heavy (non-hydrogen) atoms. The van der Waals surface area contributed by atoms with E-state index < -0.39 is 0 Å². The molecule has 0 saturated carbocycles. The molecule has 0 aromatic heterocycles. The molecule has 84 valence electrons. The highest BCUT2D eigenvalue weighted by Crippen LogP contribution is 2.15. The third-order valence-corrected chi connectivity index (χ3v) is 2.60. The van der Waals surface area contributed by atoms with E-state index in [1.54, 1.807) is 0 Å². The van der Waals surface area contributed by atoms with E-state index in [-0.39, 0.29) is 6.04 Å². The van der Waals surface area contributed by atoms with Gasteiger partial charge in [0.2, 0.25) is 0 Å². The second kappa shape index (κ2) is 5.89. The molecule has 0 aliphatic carbocycles. The van der Waals surface area contributed by atoms with Crippen LogP contribution in [0.5, 0.6) is 0 Å². The highest BCUT2D eigenvalue weighted by atomic mass is 16.5. The Bertz CT molecular complexity index is 309. The molecule has 2 N–H and O–H groups in total. The van der Waals surface area contributed by atoms with E-state index in [1.807, 2.05) is 0 Å². The highest BCUT2D eigenvalue weighted by Gasteiger charge is 2.06. The maximum Gasteiger partial charge on any atom is 0.0659 e. The number of ether oxygens (including phenoxy) is 1. The molecule has 0 spiro atoms. The fourth-order valence-electron chi connectivity index (χ4n) is 1.45. The molecule has 0 aliphatic heterocycles. The summed E-state index contributed by atoms with van der Waals surface area (Å²) in [5.74, 6) is 0. The molecule has 2 nitrogen and oxygen atoms in total. The molecule has 0 fully saturated rings. The number of hydrogen-bond acceptors (Lipinski definition) is 2. The summed E-state index contributed by atoms with van der Waals surface area (Å²) in [6.07, 6.45) is 1.04. The highest BCUT2D eigenvalue weighted by molar-refractivity contribution is 5.31. The van der Waals surface area contributed by atoms with Gasteiger partial charge in [-0.2, -0.15) is 0 Å². The van der Waals surface area contributed by atoms with Gasteiger partial charge >= 0.3 is 0 Å². The molecule has 0 saturated heterocycles. The van der Waals surface area contributed by atoms with Crippen LogP contribution in [0.2, 0.25) is 0 Å². The summed E-state index contributed by atoms with van der Waals surface area (Å²) in [5.41, 5.74) is 9.79. The van der Waals surface area contributed by atoms with Gasteiger partial charge in [-0.05, 0) is 37.0 Å². The van der Waals surface area contributed by atoms with Crippen molar-refractivity contribution in [3.8, 4) is 0 Å². The van der Waals surface area contributed by atoms with Gasteiger partial charge in [0.1, 0.15) is 0 Å². The first-order valence-corrected chi connectivity index (χ1v) is 5.55. The van der Waals surface area contributed by atoms with Crippen molar-refractivity contribution in [2.75, 3.05) is 13.2 Å². The van der Waals surface area contributed by atoms with Crippen molar-refractivity contribution in [2.45, 2.75) is 33.2 Å². The molecule has 0 bridgehead atoms. The zero-order valence-corrected chi connectivity index (χ0v) is 9.92. The molecule has 1 aromatic rings. The van der Waals surface area contributed by atoms with E-state index in [2.05, 4.69) is 39.0 Å². The quantitative estimate of drug-likeness (QED) is 0.753. The smallest absolute Gasteiger partial charge is 0.0659 e. The van der Waals surface area contributed by atoms with Crippen LogP contribution < -0.4 is 5.73 Å². The molecule has 0 amide bonds. The van der Waals surface area contributed by atoms with E-state index in [0.717, 1.165) is 18.6 Å². The van der Waals surface area contributed by atoms with Gasteiger partial charge < -0.3 is 10.5 Å². The van der Waals surface area contributed by atoms with Crippen molar-refractivity contribution in [1.82, 2.24) is 0 Å². The van der Waals surface area contributed by atoms with Crippen molar-refractivity contribution in [3.05, 3.63) is 34.9 Å². The Labute approximate surface area is 92.4 Å². The van der Waals surface area contributed by atoms with Gasteiger partial charge in [0.15, 0.2) is 0 Å². The van der Waals surface area contributed by atoms with Crippen LogP contribution in [0.3, 0.4) is 0 Å². The van der Waals surface area contributed by atoms with E-state index in [0.29, 0.717) is 6.61 Å². The van der Waals surface area contributed by atoms with E-state index in [9.17, 15) is 0 Å². The van der Waals surface area contributed by atoms with Gasteiger partial charge in [-0.1, -0.05) is 25.1 Å². The third-order valence-electron chi connectivity index (χ3n) is 2.60. The van der Waals surface area contributed by atoms with Gasteiger partial charge in [0, 0.05) is 6.61 Å². The SMILES string of the molecule is CCCOCC(N)c1ccc(C)c(C)c1. The summed E-state index contributed by atoms with van der Waals surface area (Å²) >= 11 is 0. The summed E-state index contributed by atoms with van der Waals surface area (Å²) in [4.78, 5) is 0. The lowest BCUT2D eigenvalue weighted by atomic mass is 10.0. The summed E-state index contributed by atoms with van der Waals surface area (Å²) in [5, 5.41) is 0. The van der Waals surface area contributed by atoms with Crippen LogP contribution in [0.25, 0.3) is 0 Å². The van der Waals surface area contributed by atoms with E-state index >= 15 is 0 Å². The number of aryl methyl sites for hydroxylation is 2. The van der Waals surface area contributed by atoms with Gasteiger partial charge in [-0.25, -0.2) is 0 Å².